The third-order valence-corrected chi connectivity index (χ3v) is 8.39. The molecule has 3 heterocycles. The number of rotatable bonds is 14. The monoisotopic (exact) mass is 646 g/mol. The number of carboxylic acids is 1. The fourth-order valence-electron chi connectivity index (χ4n) is 5.95. The van der Waals surface area contributed by atoms with Crippen molar-refractivity contribution in [2.45, 2.75) is 116 Å². The minimum atomic E-state index is -1.29. The van der Waals surface area contributed by atoms with Crippen molar-refractivity contribution in [3.63, 3.8) is 0 Å². The first-order valence-electron chi connectivity index (χ1n) is 16.1. The third kappa shape index (κ3) is 8.92. The van der Waals surface area contributed by atoms with Crippen molar-refractivity contribution < 1.29 is 38.4 Å². The second-order valence-electron chi connectivity index (χ2n) is 13.7. The second kappa shape index (κ2) is 14.6. The van der Waals surface area contributed by atoms with Gasteiger partial charge in [0.25, 0.3) is 0 Å². The summed E-state index contributed by atoms with van der Waals surface area (Å²) in [6.07, 6.45) is 3.46. The summed E-state index contributed by atoms with van der Waals surface area (Å²) in [5, 5.41) is 34.7. The van der Waals surface area contributed by atoms with Gasteiger partial charge in [0.15, 0.2) is 23.3 Å². The lowest BCUT2D eigenvalue weighted by Gasteiger charge is -2.41. The molecule has 2 unspecified atom stereocenters. The zero-order valence-corrected chi connectivity index (χ0v) is 27.8. The van der Waals surface area contributed by atoms with Crippen LogP contribution in [0.5, 0.6) is 5.75 Å². The van der Waals surface area contributed by atoms with Crippen LogP contribution in [0.25, 0.3) is 5.65 Å². The Bertz CT molecular complexity index is 1510. The Hall–Kier alpha value is -3.35. The number of aliphatic hydroxyl groups is 1. The summed E-state index contributed by atoms with van der Waals surface area (Å²) in [7, 11) is 0. The van der Waals surface area contributed by atoms with Crippen molar-refractivity contribution in [1.82, 2.24) is 14.6 Å². The molecule has 1 fully saturated rings. The topological polar surface area (TPSA) is 130 Å². The van der Waals surface area contributed by atoms with E-state index in [9.17, 15) is 28.9 Å². The highest BCUT2D eigenvalue weighted by Crippen LogP contribution is 2.38. The summed E-state index contributed by atoms with van der Waals surface area (Å²) < 4.78 is 41.7. The molecule has 1 aliphatic heterocycles. The van der Waals surface area contributed by atoms with E-state index in [0.717, 1.165) is 25.3 Å². The number of phenols is 1. The molecule has 0 radical (unpaired) electrons. The van der Waals surface area contributed by atoms with Crippen LogP contribution in [0.1, 0.15) is 102 Å². The number of carbonyl (C=O) groups is 1. The predicted molar refractivity (Wildman–Crippen MR) is 170 cm³/mol. The number of ether oxygens (including phenoxy) is 2. The highest BCUT2D eigenvalue weighted by molar-refractivity contribution is 5.78. The standard InChI is InChI=1S/C34H48F2N4O6/c1-21(41)10-7-8-17-45-34(6)13-15-39(16-14-34)31-28(30(32(43)44)46-33(3,4)5)22(2)37-27-20-25(38-40(27)31)12-9-11-23-18-24(35)19-26(36)29(23)42/h18-21,30,41-42H,7-17H2,1-6H3,(H,43,44). The van der Waals surface area contributed by atoms with E-state index >= 15 is 0 Å². The van der Waals surface area contributed by atoms with Gasteiger partial charge in [0.05, 0.1) is 28.6 Å². The lowest BCUT2D eigenvalue weighted by molar-refractivity contribution is -0.160. The van der Waals surface area contributed by atoms with Crippen molar-refractivity contribution >= 4 is 17.4 Å². The summed E-state index contributed by atoms with van der Waals surface area (Å²) in [4.78, 5) is 19.5. The quantitative estimate of drug-likeness (QED) is 0.179. The Kier molecular flexibility index (Phi) is 11.3. The van der Waals surface area contributed by atoms with Crippen LogP contribution in [0, 0.1) is 18.6 Å². The molecule has 0 amide bonds. The van der Waals surface area contributed by atoms with E-state index in [0.29, 0.717) is 79.9 Å². The van der Waals surface area contributed by atoms with Crippen molar-refractivity contribution in [3.8, 4) is 5.75 Å². The molecule has 1 aliphatic rings. The molecular formula is C34H48F2N4O6. The minimum absolute atomic E-state index is 0.184. The number of carboxylic acid groups (broad SMARTS) is 1. The molecule has 0 bridgehead atoms. The van der Waals surface area contributed by atoms with Gasteiger partial charge in [-0.3, -0.25) is 0 Å². The summed E-state index contributed by atoms with van der Waals surface area (Å²) >= 11 is 0. The second-order valence-corrected chi connectivity index (χ2v) is 13.7. The van der Waals surface area contributed by atoms with Crippen LogP contribution >= 0.6 is 0 Å². The average Bonchev–Trinajstić information content (AvgIpc) is 3.35. The van der Waals surface area contributed by atoms with Gasteiger partial charge in [-0.1, -0.05) is 0 Å². The largest absolute Gasteiger partial charge is 0.505 e. The number of piperidine rings is 1. The summed E-state index contributed by atoms with van der Waals surface area (Å²) in [6, 6.07) is 3.61. The van der Waals surface area contributed by atoms with Crippen LogP contribution in [-0.4, -0.2) is 72.9 Å². The van der Waals surface area contributed by atoms with Gasteiger partial charge in [-0.25, -0.2) is 18.6 Å². The molecule has 3 aromatic rings. The van der Waals surface area contributed by atoms with E-state index in [4.69, 9.17) is 19.6 Å². The van der Waals surface area contributed by atoms with Crippen molar-refractivity contribution in [1.29, 1.82) is 0 Å². The van der Waals surface area contributed by atoms with E-state index < -0.39 is 35.1 Å². The fraction of sp³-hybridized carbons (Fsp3) is 0.618. The Morgan fingerprint density at radius 3 is 2.43 bits per heavy atom. The van der Waals surface area contributed by atoms with Gasteiger partial charge in [0, 0.05) is 37.5 Å². The summed E-state index contributed by atoms with van der Waals surface area (Å²) in [6.45, 7) is 12.9. The zero-order valence-electron chi connectivity index (χ0n) is 27.8. The summed E-state index contributed by atoms with van der Waals surface area (Å²) in [5.41, 5.74) is 1.28. The lowest BCUT2D eigenvalue weighted by Crippen LogP contribution is -2.46. The van der Waals surface area contributed by atoms with Crippen molar-refractivity contribution in [2.24, 2.45) is 0 Å². The number of unbranched alkanes of at least 4 members (excludes halogenated alkanes) is 1. The van der Waals surface area contributed by atoms with E-state index in [-0.39, 0.29) is 23.7 Å². The van der Waals surface area contributed by atoms with Crippen molar-refractivity contribution in [2.75, 3.05) is 24.6 Å². The molecule has 2 atom stereocenters. The maximum Gasteiger partial charge on any atom is 0.337 e. The first kappa shape index (κ1) is 35.5. The number of aromatic nitrogens is 3. The van der Waals surface area contributed by atoms with E-state index in [1.807, 2.05) is 26.8 Å². The van der Waals surface area contributed by atoms with Crippen LogP contribution < -0.4 is 4.90 Å². The van der Waals surface area contributed by atoms with Crippen LogP contribution in [0.4, 0.5) is 14.6 Å². The molecule has 46 heavy (non-hydrogen) atoms. The molecule has 1 aromatic carbocycles. The molecule has 254 valence electrons. The van der Waals surface area contributed by atoms with Crippen LogP contribution in [-0.2, 0) is 27.1 Å². The van der Waals surface area contributed by atoms with Gasteiger partial charge < -0.3 is 29.7 Å². The van der Waals surface area contributed by atoms with Crippen LogP contribution in [0.2, 0.25) is 0 Å². The number of aliphatic hydroxyl groups excluding tert-OH is 1. The Morgan fingerprint density at radius 2 is 1.80 bits per heavy atom. The lowest BCUT2D eigenvalue weighted by atomic mass is 9.92. The van der Waals surface area contributed by atoms with Gasteiger partial charge in [-0.15, -0.1) is 0 Å². The van der Waals surface area contributed by atoms with Gasteiger partial charge in [0.2, 0.25) is 0 Å². The first-order valence-corrected chi connectivity index (χ1v) is 16.1. The predicted octanol–water partition coefficient (Wildman–Crippen LogP) is 6.06. The van der Waals surface area contributed by atoms with Gasteiger partial charge in [-0.05, 0) is 105 Å². The van der Waals surface area contributed by atoms with Gasteiger partial charge in [-0.2, -0.15) is 9.61 Å². The molecule has 4 rings (SSSR count). The number of fused-ring (bicyclic) bond motifs is 1. The number of aromatic hydroxyl groups is 1. The fourth-order valence-corrected chi connectivity index (χ4v) is 5.95. The molecule has 0 aliphatic carbocycles. The van der Waals surface area contributed by atoms with Crippen LogP contribution in [0.15, 0.2) is 18.2 Å². The molecule has 1 saturated heterocycles. The van der Waals surface area contributed by atoms with E-state index in [1.165, 1.54) is 0 Å². The van der Waals surface area contributed by atoms with E-state index in [1.54, 1.807) is 18.4 Å². The number of hydrogen-bond acceptors (Lipinski definition) is 8. The number of halogens is 2. The number of hydrogen-bond donors (Lipinski definition) is 3. The Balaban J connectivity index is 1.62. The van der Waals surface area contributed by atoms with Gasteiger partial charge in [0.1, 0.15) is 11.6 Å². The molecule has 0 saturated carbocycles. The number of aryl methyl sites for hydroxylation is 3. The molecule has 3 N–H and O–H groups in total. The van der Waals surface area contributed by atoms with Gasteiger partial charge >= 0.3 is 5.97 Å². The SMILES string of the molecule is Cc1nc2cc(CCCc3cc(F)cc(F)c3O)nn2c(N2CCC(C)(OCCCCC(C)O)CC2)c1C(OC(C)(C)C)C(=O)O. The minimum Gasteiger partial charge on any atom is -0.505 e. The number of nitrogens with zero attached hydrogens (tertiary/aromatic N) is 4. The Labute approximate surface area is 269 Å². The number of benzene rings is 1. The molecule has 12 heteroatoms. The average molecular weight is 647 g/mol. The maximum absolute atomic E-state index is 13.8. The van der Waals surface area contributed by atoms with Crippen LogP contribution in [0.3, 0.4) is 0 Å². The molecule has 2 aromatic heterocycles. The first-order chi connectivity index (χ1) is 21.6. The normalized spacial score (nSPS) is 16.6. The zero-order chi connectivity index (χ0) is 33.8. The highest BCUT2D eigenvalue weighted by atomic mass is 19.1. The van der Waals surface area contributed by atoms with Crippen molar-refractivity contribution in [3.05, 3.63) is 52.3 Å². The summed E-state index contributed by atoms with van der Waals surface area (Å²) in [5.74, 6) is -2.82. The maximum atomic E-state index is 13.8. The number of aliphatic carboxylic acids is 1. The number of anilines is 1. The molecular weight excluding hydrogens is 598 g/mol. The third-order valence-electron chi connectivity index (χ3n) is 8.39. The van der Waals surface area contributed by atoms with E-state index in [2.05, 4.69) is 11.8 Å². The molecule has 10 nitrogen and oxygen atoms in total. The Morgan fingerprint density at radius 1 is 1.11 bits per heavy atom. The number of phenolic OH excluding ortho intramolecular Hbond substituents is 1. The molecule has 0 spiro atoms. The smallest absolute Gasteiger partial charge is 0.337 e. The highest BCUT2D eigenvalue weighted by Gasteiger charge is 2.37.